The SMILES string of the molecule is Cc1cc(O)cc(C)c1CC(N)C(=O)NC(C)/C=C/CCCc1ccccc1. The highest BCUT2D eigenvalue weighted by molar-refractivity contribution is 5.82. The molecule has 2 atom stereocenters. The van der Waals surface area contributed by atoms with Gasteiger partial charge in [0.25, 0.3) is 0 Å². The van der Waals surface area contributed by atoms with E-state index in [1.54, 1.807) is 12.1 Å². The number of nitrogens with two attached hydrogens (primary N) is 1. The first-order chi connectivity index (χ1) is 13.4. The summed E-state index contributed by atoms with van der Waals surface area (Å²) < 4.78 is 0. The molecule has 28 heavy (non-hydrogen) atoms. The molecule has 2 aromatic rings. The van der Waals surface area contributed by atoms with Crippen molar-refractivity contribution in [2.24, 2.45) is 5.73 Å². The molecule has 4 nitrogen and oxygen atoms in total. The Kier molecular flexibility index (Phi) is 8.27. The third-order valence-corrected chi connectivity index (χ3v) is 4.92. The number of nitrogens with one attached hydrogen (secondary N) is 1. The van der Waals surface area contributed by atoms with Gasteiger partial charge in [-0.25, -0.2) is 0 Å². The van der Waals surface area contributed by atoms with Gasteiger partial charge in [-0.2, -0.15) is 0 Å². The number of allylic oxidation sites excluding steroid dienone is 1. The van der Waals surface area contributed by atoms with Crippen LogP contribution in [-0.2, 0) is 17.6 Å². The van der Waals surface area contributed by atoms with E-state index in [2.05, 4.69) is 35.7 Å². The van der Waals surface area contributed by atoms with Crippen LogP contribution in [0.4, 0.5) is 0 Å². The molecule has 4 N–H and O–H groups in total. The van der Waals surface area contributed by atoms with Gasteiger partial charge in [-0.05, 0) is 80.8 Å². The number of phenols is 1. The number of rotatable bonds is 9. The van der Waals surface area contributed by atoms with E-state index in [1.165, 1.54) is 5.56 Å². The Balaban J connectivity index is 1.76. The predicted octanol–water partition coefficient (Wildman–Crippen LogP) is 3.96. The van der Waals surface area contributed by atoms with E-state index in [1.807, 2.05) is 32.9 Å². The van der Waals surface area contributed by atoms with E-state index in [4.69, 9.17) is 5.73 Å². The van der Waals surface area contributed by atoms with Crippen LogP contribution in [0.1, 0.15) is 42.0 Å². The van der Waals surface area contributed by atoms with Crippen molar-refractivity contribution in [1.82, 2.24) is 5.32 Å². The van der Waals surface area contributed by atoms with Crippen LogP contribution < -0.4 is 11.1 Å². The molecule has 4 heteroatoms. The second-order valence-electron chi connectivity index (χ2n) is 7.47. The van der Waals surface area contributed by atoms with Crippen molar-refractivity contribution in [3.05, 3.63) is 76.9 Å². The van der Waals surface area contributed by atoms with Gasteiger partial charge in [0.1, 0.15) is 5.75 Å². The number of carbonyl (C=O) groups is 1. The monoisotopic (exact) mass is 380 g/mol. The van der Waals surface area contributed by atoms with Gasteiger partial charge < -0.3 is 16.2 Å². The van der Waals surface area contributed by atoms with Crippen LogP contribution in [0.25, 0.3) is 0 Å². The molecule has 0 saturated carbocycles. The number of aromatic hydroxyl groups is 1. The van der Waals surface area contributed by atoms with Crippen LogP contribution in [-0.4, -0.2) is 23.1 Å². The molecule has 2 aromatic carbocycles. The molecule has 1 amide bonds. The number of hydrogen-bond acceptors (Lipinski definition) is 3. The number of amides is 1. The first-order valence-electron chi connectivity index (χ1n) is 9.92. The van der Waals surface area contributed by atoms with Crippen molar-refractivity contribution < 1.29 is 9.90 Å². The summed E-state index contributed by atoms with van der Waals surface area (Å²) in [5.41, 5.74) is 10.4. The summed E-state index contributed by atoms with van der Waals surface area (Å²) in [6.45, 7) is 5.80. The lowest BCUT2D eigenvalue weighted by Crippen LogP contribution is -2.45. The van der Waals surface area contributed by atoms with Crippen molar-refractivity contribution in [2.75, 3.05) is 0 Å². The molecule has 0 aliphatic heterocycles. The van der Waals surface area contributed by atoms with Crippen molar-refractivity contribution in [3.8, 4) is 5.75 Å². The highest BCUT2D eigenvalue weighted by Gasteiger charge is 2.17. The lowest BCUT2D eigenvalue weighted by Gasteiger charge is -2.18. The highest BCUT2D eigenvalue weighted by Crippen LogP contribution is 2.21. The van der Waals surface area contributed by atoms with Crippen molar-refractivity contribution >= 4 is 5.91 Å². The fourth-order valence-electron chi connectivity index (χ4n) is 3.35. The Bertz CT molecular complexity index is 777. The van der Waals surface area contributed by atoms with Crippen LogP contribution in [0.5, 0.6) is 5.75 Å². The summed E-state index contributed by atoms with van der Waals surface area (Å²) in [5, 5.41) is 12.6. The first-order valence-corrected chi connectivity index (χ1v) is 9.92. The Morgan fingerprint density at radius 3 is 2.46 bits per heavy atom. The molecule has 0 spiro atoms. The topological polar surface area (TPSA) is 75.3 Å². The van der Waals surface area contributed by atoms with Crippen LogP contribution in [0.3, 0.4) is 0 Å². The van der Waals surface area contributed by atoms with E-state index >= 15 is 0 Å². The number of hydrogen-bond donors (Lipinski definition) is 3. The second-order valence-corrected chi connectivity index (χ2v) is 7.47. The number of phenolic OH excluding ortho intramolecular Hbond substituents is 1. The van der Waals surface area contributed by atoms with Gasteiger partial charge in [-0.15, -0.1) is 0 Å². The maximum atomic E-state index is 12.4. The van der Waals surface area contributed by atoms with E-state index in [0.29, 0.717) is 6.42 Å². The fraction of sp³-hybridized carbons (Fsp3) is 0.375. The number of benzene rings is 2. The fourth-order valence-corrected chi connectivity index (χ4v) is 3.35. The molecular weight excluding hydrogens is 348 g/mol. The van der Waals surface area contributed by atoms with E-state index in [-0.39, 0.29) is 17.7 Å². The molecule has 0 bridgehead atoms. The third-order valence-electron chi connectivity index (χ3n) is 4.92. The molecule has 2 rings (SSSR count). The van der Waals surface area contributed by atoms with Crippen LogP contribution in [0, 0.1) is 13.8 Å². The maximum absolute atomic E-state index is 12.4. The first kappa shape index (κ1) is 21.7. The predicted molar refractivity (Wildman–Crippen MR) is 115 cm³/mol. The van der Waals surface area contributed by atoms with Gasteiger partial charge in [0.2, 0.25) is 5.91 Å². The molecule has 0 aromatic heterocycles. The summed E-state index contributed by atoms with van der Waals surface area (Å²) in [5.74, 6) is 0.0797. The number of unbranched alkanes of at least 4 members (excludes halogenated alkanes) is 1. The summed E-state index contributed by atoms with van der Waals surface area (Å²) in [6.07, 6.45) is 7.72. The molecule has 0 heterocycles. The van der Waals surface area contributed by atoms with Crippen LogP contribution >= 0.6 is 0 Å². The Hall–Kier alpha value is -2.59. The van der Waals surface area contributed by atoms with Gasteiger partial charge in [0.05, 0.1) is 6.04 Å². The Morgan fingerprint density at radius 2 is 1.82 bits per heavy atom. The number of aryl methyl sites for hydroxylation is 3. The molecule has 2 unspecified atom stereocenters. The largest absolute Gasteiger partial charge is 0.508 e. The Labute approximate surface area is 168 Å². The lowest BCUT2D eigenvalue weighted by molar-refractivity contribution is -0.122. The lowest BCUT2D eigenvalue weighted by atomic mass is 9.96. The molecule has 150 valence electrons. The van der Waals surface area contributed by atoms with Gasteiger partial charge >= 0.3 is 0 Å². The Morgan fingerprint density at radius 1 is 1.18 bits per heavy atom. The molecule has 0 aliphatic rings. The van der Waals surface area contributed by atoms with E-state index in [9.17, 15) is 9.90 Å². The van der Waals surface area contributed by atoms with E-state index < -0.39 is 6.04 Å². The van der Waals surface area contributed by atoms with Gasteiger partial charge in [0.15, 0.2) is 0 Å². The second kappa shape index (κ2) is 10.7. The molecule has 0 aliphatic carbocycles. The zero-order valence-electron chi connectivity index (χ0n) is 17.1. The van der Waals surface area contributed by atoms with Gasteiger partial charge in [0, 0.05) is 6.04 Å². The minimum atomic E-state index is -0.615. The van der Waals surface area contributed by atoms with Crippen LogP contribution in [0.2, 0.25) is 0 Å². The van der Waals surface area contributed by atoms with Crippen molar-refractivity contribution in [1.29, 1.82) is 0 Å². The van der Waals surface area contributed by atoms with Crippen molar-refractivity contribution in [2.45, 2.75) is 58.5 Å². The standard InChI is InChI=1S/C24H32N2O2/c1-17-14-21(27)15-18(2)22(17)16-23(25)24(28)26-19(3)10-6-4-7-11-20-12-8-5-9-13-20/h5-6,8-10,12-15,19,23,27H,4,7,11,16,25H2,1-3H3,(H,26,28)/b10-6+. The van der Waals surface area contributed by atoms with Gasteiger partial charge in [-0.1, -0.05) is 42.5 Å². The molecule has 0 fully saturated rings. The molecule has 0 saturated heterocycles. The summed E-state index contributed by atoms with van der Waals surface area (Å²) in [7, 11) is 0. The third kappa shape index (κ3) is 6.86. The van der Waals surface area contributed by atoms with Crippen molar-refractivity contribution in [3.63, 3.8) is 0 Å². The minimum Gasteiger partial charge on any atom is -0.508 e. The quantitative estimate of drug-likeness (QED) is 0.455. The minimum absolute atomic E-state index is 0.0581. The summed E-state index contributed by atoms with van der Waals surface area (Å²) in [6, 6.07) is 13.2. The van der Waals surface area contributed by atoms with E-state index in [0.717, 1.165) is 36.0 Å². The average molecular weight is 381 g/mol. The summed E-state index contributed by atoms with van der Waals surface area (Å²) in [4.78, 5) is 12.4. The maximum Gasteiger partial charge on any atom is 0.237 e. The van der Waals surface area contributed by atoms with Gasteiger partial charge in [-0.3, -0.25) is 4.79 Å². The number of carbonyl (C=O) groups excluding carboxylic acids is 1. The van der Waals surface area contributed by atoms with Crippen LogP contribution in [0.15, 0.2) is 54.6 Å². The average Bonchev–Trinajstić information content (AvgIpc) is 2.65. The summed E-state index contributed by atoms with van der Waals surface area (Å²) >= 11 is 0. The zero-order chi connectivity index (χ0) is 20.5. The molecule has 0 radical (unpaired) electrons. The molecular formula is C24H32N2O2. The highest BCUT2D eigenvalue weighted by atomic mass is 16.3. The smallest absolute Gasteiger partial charge is 0.237 e. The zero-order valence-corrected chi connectivity index (χ0v) is 17.1. The normalized spacial score (nSPS) is 13.4.